The van der Waals surface area contributed by atoms with Gasteiger partial charge in [-0.2, -0.15) is 9.15 Å². The van der Waals surface area contributed by atoms with Crippen molar-refractivity contribution < 1.29 is 29.0 Å². The molecular formula is C44H46N2O4+2. The molecule has 0 spiro atoms. The van der Waals surface area contributed by atoms with Crippen LogP contribution in [0.4, 0.5) is 11.4 Å². The first-order chi connectivity index (χ1) is 23.9. The number of para-hydroxylation sites is 2. The predicted molar refractivity (Wildman–Crippen MR) is 200 cm³/mol. The highest BCUT2D eigenvalue weighted by Crippen LogP contribution is 2.45. The third-order valence-corrected chi connectivity index (χ3v) is 11.0. The number of hydrogen-bond acceptors (Lipinski definition) is 4. The number of allylic oxidation sites excluding steroid dienone is 6. The maximum absolute atomic E-state index is 13.7. The topological polar surface area (TPSA) is 80.6 Å². The van der Waals surface area contributed by atoms with Crippen molar-refractivity contribution in [3.8, 4) is 0 Å². The Balaban J connectivity index is 1.22. The molecule has 0 bridgehead atoms. The molecule has 0 saturated carbocycles. The average molecular weight is 667 g/mol. The summed E-state index contributed by atoms with van der Waals surface area (Å²) in [6.07, 6.45) is 7.80. The van der Waals surface area contributed by atoms with Crippen LogP contribution in [0.3, 0.4) is 0 Å². The highest BCUT2D eigenvalue weighted by Gasteiger charge is 2.48. The summed E-state index contributed by atoms with van der Waals surface area (Å²) in [5.74, 6) is -0.571. The van der Waals surface area contributed by atoms with E-state index in [2.05, 4.69) is 75.0 Å². The number of hydrogen-bond donors (Lipinski definition) is 2. The summed E-state index contributed by atoms with van der Waals surface area (Å²) < 4.78 is 4.56. The summed E-state index contributed by atoms with van der Waals surface area (Å²) in [4.78, 5) is 27.4. The van der Waals surface area contributed by atoms with Crippen LogP contribution in [0.2, 0.25) is 0 Å². The molecule has 0 aromatic heterocycles. The van der Waals surface area contributed by atoms with Gasteiger partial charge in [0, 0.05) is 48.3 Å². The molecule has 3 aromatic rings. The highest BCUT2D eigenvalue weighted by atomic mass is 16.3. The molecule has 0 fully saturated rings. The van der Waals surface area contributed by atoms with Crippen molar-refractivity contribution in [3.05, 3.63) is 130 Å². The van der Waals surface area contributed by atoms with Crippen molar-refractivity contribution in [1.29, 1.82) is 0 Å². The van der Waals surface area contributed by atoms with Gasteiger partial charge in [-0.3, -0.25) is 9.59 Å². The molecule has 0 radical (unpaired) electrons. The van der Waals surface area contributed by atoms with Crippen LogP contribution < -0.4 is 0 Å². The molecule has 7 rings (SSSR count). The fraction of sp³-hybridized carbons (Fsp3) is 0.318. The van der Waals surface area contributed by atoms with Gasteiger partial charge in [0.05, 0.1) is 33.1 Å². The van der Waals surface area contributed by atoms with Crippen molar-refractivity contribution in [2.75, 3.05) is 13.1 Å². The zero-order chi connectivity index (χ0) is 35.5. The number of aliphatic hydroxyl groups excluding tert-OH is 2. The number of ketones is 2. The van der Waals surface area contributed by atoms with Gasteiger partial charge in [0.15, 0.2) is 11.4 Å². The highest BCUT2D eigenvalue weighted by molar-refractivity contribution is 6.41. The fourth-order valence-electron chi connectivity index (χ4n) is 8.07. The van der Waals surface area contributed by atoms with E-state index in [4.69, 9.17) is 0 Å². The molecule has 3 aromatic carbocycles. The number of aliphatic hydroxyl groups is 2. The molecule has 4 aliphatic rings. The minimum absolute atomic E-state index is 0.0489. The molecule has 2 aliphatic heterocycles. The molecule has 50 heavy (non-hydrogen) atoms. The van der Waals surface area contributed by atoms with Crippen molar-refractivity contribution in [3.63, 3.8) is 0 Å². The van der Waals surface area contributed by atoms with Crippen LogP contribution in [0, 0.1) is 0 Å². The van der Waals surface area contributed by atoms with E-state index in [0.717, 1.165) is 61.6 Å². The first-order valence-electron chi connectivity index (χ1n) is 17.9. The van der Waals surface area contributed by atoms with Crippen molar-refractivity contribution >= 4 is 45.5 Å². The van der Waals surface area contributed by atoms with E-state index in [0.29, 0.717) is 22.3 Å². The summed E-state index contributed by atoms with van der Waals surface area (Å²) in [5.41, 5.74) is 8.05. The van der Waals surface area contributed by atoms with E-state index < -0.39 is 0 Å². The normalized spacial score (nSPS) is 20.6. The van der Waals surface area contributed by atoms with Gasteiger partial charge < -0.3 is 10.2 Å². The van der Waals surface area contributed by atoms with Gasteiger partial charge in [0.25, 0.3) is 0 Å². The molecular weight excluding hydrogens is 620 g/mol. The van der Waals surface area contributed by atoms with E-state index in [-0.39, 0.29) is 45.1 Å². The SMILES string of the molecule is CCCC[N+]1=C(/C=C2\C(=O)C(c3cccc(C4=C(O)/C(=C/C5=[N+](CCCC)c6ccccc6C5(C)C)C4=O)c3)=C2O)C(C)(C)c2ccccc21. The third-order valence-electron chi connectivity index (χ3n) is 11.0. The molecule has 0 saturated heterocycles. The second-order valence-corrected chi connectivity index (χ2v) is 14.9. The summed E-state index contributed by atoms with van der Waals surface area (Å²) in [6, 6.07) is 23.7. The Labute approximate surface area is 294 Å². The number of rotatable bonds is 10. The molecule has 6 heteroatoms. The second kappa shape index (κ2) is 12.3. The van der Waals surface area contributed by atoms with Gasteiger partial charge in [0.1, 0.15) is 24.6 Å². The Morgan fingerprint density at radius 1 is 0.600 bits per heavy atom. The molecule has 6 nitrogen and oxygen atoms in total. The lowest BCUT2D eigenvalue weighted by Gasteiger charge is -2.25. The molecule has 2 N–H and O–H groups in total. The van der Waals surface area contributed by atoms with Crippen molar-refractivity contribution in [2.24, 2.45) is 0 Å². The van der Waals surface area contributed by atoms with E-state index in [9.17, 15) is 19.8 Å². The molecule has 0 amide bonds. The summed E-state index contributed by atoms with van der Waals surface area (Å²) in [5, 5.41) is 22.7. The number of fused-ring (bicyclic) bond motifs is 2. The van der Waals surface area contributed by atoms with Gasteiger partial charge in [0.2, 0.25) is 22.9 Å². The number of benzene rings is 3. The Kier molecular flexibility index (Phi) is 8.25. The van der Waals surface area contributed by atoms with Gasteiger partial charge in [-0.25, -0.2) is 0 Å². The standard InChI is InChI=1S/C44H44N2O4/c1-7-9-22-45-33-20-13-11-18-31(33)43(3,4)35(45)25-29-39(47)37(40(29)48)27-16-15-17-28(24-27)38-41(49)30(42(38)50)26-36-44(5,6)32-19-12-14-21-34(32)46(36)23-10-8-2/h11-21,24-26H,7-10,22-23H2,1-6H3/p+2. The number of Topliss-reactive ketones (excluding diaryl/α,β-unsaturated/α-hetero) is 2. The monoisotopic (exact) mass is 666 g/mol. The second-order valence-electron chi connectivity index (χ2n) is 14.9. The van der Waals surface area contributed by atoms with E-state index >= 15 is 0 Å². The number of carbonyl (C=O) groups excluding carboxylic acids is 2. The first kappa shape index (κ1) is 33.4. The summed E-state index contributed by atoms with van der Waals surface area (Å²) in [7, 11) is 0. The molecule has 2 heterocycles. The predicted octanol–water partition coefficient (Wildman–Crippen LogP) is 9.00. The van der Waals surface area contributed by atoms with Crippen LogP contribution in [0.15, 0.2) is 108 Å². The largest absolute Gasteiger partial charge is 0.506 e. The number of nitrogens with zero attached hydrogens (tertiary/aromatic N) is 2. The number of unbranched alkanes of at least 4 members (excludes halogenated alkanes) is 2. The Morgan fingerprint density at radius 3 is 1.38 bits per heavy atom. The Bertz CT molecular complexity index is 2030. The minimum Gasteiger partial charge on any atom is -0.506 e. The average Bonchev–Trinajstić information content (AvgIpc) is 3.45. The zero-order valence-electron chi connectivity index (χ0n) is 29.9. The molecule has 0 atom stereocenters. The first-order valence-corrected chi connectivity index (χ1v) is 17.9. The quantitative estimate of drug-likeness (QED) is 0.167. The molecule has 0 unspecified atom stereocenters. The lowest BCUT2D eigenvalue weighted by Crippen LogP contribution is -2.31. The van der Waals surface area contributed by atoms with Gasteiger partial charge >= 0.3 is 0 Å². The maximum Gasteiger partial charge on any atom is 0.209 e. The molecule has 2 aliphatic carbocycles. The minimum atomic E-state index is -0.338. The van der Waals surface area contributed by atoms with E-state index in [1.807, 2.05) is 36.4 Å². The van der Waals surface area contributed by atoms with Gasteiger partial charge in [-0.05, 0) is 44.9 Å². The van der Waals surface area contributed by atoms with Crippen LogP contribution in [-0.2, 0) is 20.4 Å². The smallest absolute Gasteiger partial charge is 0.209 e. The van der Waals surface area contributed by atoms with Crippen LogP contribution in [0.1, 0.15) is 89.5 Å². The summed E-state index contributed by atoms with van der Waals surface area (Å²) >= 11 is 0. The fourth-order valence-corrected chi connectivity index (χ4v) is 8.07. The van der Waals surface area contributed by atoms with E-state index in [1.165, 1.54) is 11.1 Å². The van der Waals surface area contributed by atoms with Crippen LogP contribution in [-0.4, -0.2) is 55.4 Å². The molecule has 254 valence electrons. The third kappa shape index (κ3) is 4.99. The maximum atomic E-state index is 13.7. The summed E-state index contributed by atoms with van der Waals surface area (Å²) in [6.45, 7) is 14.6. The Hall–Kier alpha value is -5.10. The number of carbonyl (C=O) groups is 2. The van der Waals surface area contributed by atoms with Crippen LogP contribution in [0.25, 0.3) is 11.1 Å². The van der Waals surface area contributed by atoms with Crippen molar-refractivity contribution in [2.45, 2.75) is 78.1 Å². The Morgan fingerprint density at radius 2 is 1.00 bits per heavy atom. The van der Waals surface area contributed by atoms with Crippen LogP contribution >= 0.6 is 0 Å². The van der Waals surface area contributed by atoms with Crippen LogP contribution in [0.5, 0.6) is 0 Å². The lowest BCUT2D eigenvalue weighted by atomic mass is 9.76. The van der Waals surface area contributed by atoms with Gasteiger partial charge in [-0.15, -0.1) is 0 Å². The van der Waals surface area contributed by atoms with E-state index in [1.54, 1.807) is 24.3 Å². The zero-order valence-corrected chi connectivity index (χ0v) is 29.9. The van der Waals surface area contributed by atoms with Gasteiger partial charge in [-0.1, -0.05) is 81.3 Å². The lowest BCUT2D eigenvalue weighted by molar-refractivity contribution is -0.438. The van der Waals surface area contributed by atoms with Crippen molar-refractivity contribution in [1.82, 2.24) is 0 Å².